The molecule has 1 saturated heterocycles. The third-order valence-corrected chi connectivity index (χ3v) is 8.26. The molecule has 2 aromatic heterocycles. The molecule has 7 heteroatoms. The van der Waals surface area contributed by atoms with E-state index in [9.17, 15) is 14.7 Å². The number of H-pyrrole nitrogens is 1. The molecule has 5 aromatic rings. The highest BCUT2D eigenvalue weighted by Crippen LogP contribution is 2.42. The quantitative estimate of drug-likeness (QED) is 0.328. The molecule has 0 bridgehead atoms. The Hall–Kier alpha value is -3.68. The van der Waals surface area contributed by atoms with Gasteiger partial charge >= 0.3 is 0 Å². The first-order chi connectivity index (χ1) is 17.6. The number of hydrogen-bond acceptors (Lipinski definition) is 4. The molecule has 7 nitrogen and oxygen atoms in total. The minimum absolute atomic E-state index is 0.227. The molecule has 4 heterocycles. The van der Waals surface area contributed by atoms with Crippen molar-refractivity contribution in [3.05, 3.63) is 59.3 Å². The van der Waals surface area contributed by atoms with Gasteiger partial charge in [0.15, 0.2) is 0 Å². The number of nitrogens with zero attached hydrogens (tertiary/aromatic N) is 2. The molecule has 3 aromatic carbocycles. The lowest BCUT2D eigenvalue weighted by Gasteiger charge is -2.22. The monoisotopic (exact) mass is 480 g/mol. The summed E-state index contributed by atoms with van der Waals surface area (Å²) in [5.74, 6) is -0.659. The van der Waals surface area contributed by atoms with Crippen molar-refractivity contribution in [2.45, 2.75) is 31.7 Å². The number of hydrogen-bond donors (Lipinski definition) is 3. The van der Waals surface area contributed by atoms with Gasteiger partial charge in [-0.1, -0.05) is 30.3 Å². The smallest absolute Gasteiger partial charge is 0.259 e. The SMILES string of the molecule is Cn1ccc2ccc3c4[nH]c5c(CCCN6CCC[C@H]6CO)cccc5c4c4c(c3c21)C(=O)NC4=O. The number of fused-ring (bicyclic) bond motifs is 10. The number of nitrogens with one attached hydrogen (secondary N) is 2. The van der Waals surface area contributed by atoms with Crippen molar-refractivity contribution in [1.29, 1.82) is 0 Å². The van der Waals surface area contributed by atoms with Crippen molar-refractivity contribution >= 4 is 55.3 Å². The number of carbonyl (C=O) groups is 2. The number of aliphatic hydroxyl groups excluding tert-OH is 1. The van der Waals surface area contributed by atoms with Crippen LogP contribution in [-0.2, 0) is 13.5 Å². The second kappa shape index (κ2) is 7.91. The van der Waals surface area contributed by atoms with Crippen LogP contribution in [0.5, 0.6) is 0 Å². The minimum atomic E-state index is -0.330. The number of aromatic nitrogens is 2. The maximum Gasteiger partial charge on any atom is 0.259 e. The molecule has 1 fully saturated rings. The zero-order valence-corrected chi connectivity index (χ0v) is 20.2. The van der Waals surface area contributed by atoms with Crippen molar-refractivity contribution in [2.24, 2.45) is 7.05 Å². The van der Waals surface area contributed by atoms with Crippen molar-refractivity contribution < 1.29 is 14.7 Å². The van der Waals surface area contributed by atoms with E-state index in [0.29, 0.717) is 11.1 Å². The number of likely N-dealkylation sites (tertiary alicyclic amines) is 1. The van der Waals surface area contributed by atoms with Crippen LogP contribution in [0.15, 0.2) is 42.6 Å². The lowest BCUT2D eigenvalue weighted by molar-refractivity contribution is 0.0880. The van der Waals surface area contributed by atoms with E-state index in [4.69, 9.17) is 0 Å². The van der Waals surface area contributed by atoms with Crippen molar-refractivity contribution in [3.63, 3.8) is 0 Å². The fourth-order valence-corrected chi connectivity index (χ4v) is 6.60. The van der Waals surface area contributed by atoms with Crippen LogP contribution in [0.1, 0.15) is 45.5 Å². The number of benzene rings is 3. The predicted molar refractivity (Wildman–Crippen MR) is 142 cm³/mol. The van der Waals surface area contributed by atoms with Crippen LogP contribution in [-0.4, -0.2) is 57.1 Å². The van der Waals surface area contributed by atoms with Gasteiger partial charge in [0.2, 0.25) is 0 Å². The Morgan fingerprint density at radius 2 is 1.81 bits per heavy atom. The summed E-state index contributed by atoms with van der Waals surface area (Å²) in [5, 5.41) is 16.8. The van der Waals surface area contributed by atoms with Gasteiger partial charge in [0.05, 0.1) is 28.8 Å². The van der Waals surface area contributed by atoms with Crippen LogP contribution in [0.2, 0.25) is 0 Å². The average Bonchev–Trinajstić information content (AvgIpc) is 3.64. The molecule has 2 aliphatic rings. The largest absolute Gasteiger partial charge is 0.395 e. The molecule has 0 aliphatic carbocycles. The lowest BCUT2D eigenvalue weighted by Crippen LogP contribution is -2.33. The molecule has 3 N–H and O–H groups in total. The summed E-state index contributed by atoms with van der Waals surface area (Å²) in [7, 11) is 1.97. The van der Waals surface area contributed by atoms with Gasteiger partial charge in [0, 0.05) is 51.7 Å². The molecule has 182 valence electrons. The van der Waals surface area contributed by atoms with Crippen LogP contribution >= 0.6 is 0 Å². The highest BCUT2D eigenvalue weighted by molar-refractivity contribution is 6.39. The maximum atomic E-state index is 13.1. The van der Waals surface area contributed by atoms with Crippen molar-refractivity contribution in [2.75, 3.05) is 19.7 Å². The van der Waals surface area contributed by atoms with Crippen LogP contribution in [0.3, 0.4) is 0 Å². The Kier molecular flexibility index (Phi) is 4.75. The van der Waals surface area contributed by atoms with E-state index >= 15 is 0 Å². The van der Waals surface area contributed by atoms with E-state index in [0.717, 1.165) is 82.3 Å². The van der Waals surface area contributed by atoms with Gasteiger partial charge in [-0.2, -0.15) is 0 Å². The Balaban J connectivity index is 1.43. The van der Waals surface area contributed by atoms with E-state index in [-0.39, 0.29) is 24.5 Å². The molecule has 36 heavy (non-hydrogen) atoms. The molecule has 1 atom stereocenters. The van der Waals surface area contributed by atoms with Crippen molar-refractivity contribution in [3.8, 4) is 0 Å². The molecular weight excluding hydrogens is 452 g/mol. The molecule has 0 saturated carbocycles. The lowest BCUT2D eigenvalue weighted by atomic mass is 9.93. The third kappa shape index (κ3) is 2.93. The number of rotatable bonds is 5. The van der Waals surface area contributed by atoms with Crippen LogP contribution in [0, 0.1) is 0 Å². The topological polar surface area (TPSA) is 90.4 Å². The number of para-hydroxylation sites is 1. The van der Waals surface area contributed by atoms with Gasteiger partial charge in [-0.3, -0.25) is 19.8 Å². The van der Waals surface area contributed by atoms with E-state index in [1.54, 1.807) is 0 Å². The third-order valence-electron chi connectivity index (χ3n) is 8.26. The molecule has 0 spiro atoms. The summed E-state index contributed by atoms with van der Waals surface area (Å²) in [5.41, 5.74) is 5.04. The first-order valence-corrected chi connectivity index (χ1v) is 12.7. The summed E-state index contributed by atoms with van der Waals surface area (Å²) in [4.78, 5) is 32.3. The maximum absolute atomic E-state index is 13.1. The second-order valence-electron chi connectivity index (χ2n) is 10.2. The predicted octanol–water partition coefficient (Wildman–Crippen LogP) is 4.24. The van der Waals surface area contributed by atoms with Crippen LogP contribution in [0.25, 0.3) is 43.5 Å². The Morgan fingerprint density at radius 1 is 1.00 bits per heavy atom. The van der Waals surface area contributed by atoms with E-state index in [2.05, 4.69) is 33.4 Å². The van der Waals surface area contributed by atoms with Gasteiger partial charge < -0.3 is 14.7 Å². The molecule has 2 amide bonds. The summed E-state index contributed by atoms with van der Waals surface area (Å²) in [6.07, 6.45) is 6.09. The zero-order chi connectivity index (χ0) is 24.6. The normalized spacial score (nSPS) is 18.3. The van der Waals surface area contributed by atoms with Crippen LogP contribution in [0.4, 0.5) is 0 Å². The van der Waals surface area contributed by atoms with Crippen LogP contribution < -0.4 is 5.32 Å². The summed E-state index contributed by atoms with van der Waals surface area (Å²) in [6.45, 7) is 2.24. The summed E-state index contributed by atoms with van der Waals surface area (Å²) < 4.78 is 2.02. The Bertz CT molecular complexity index is 1730. The first kappa shape index (κ1) is 21.6. The van der Waals surface area contributed by atoms with Crippen molar-refractivity contribution in [1.82, 2.24) is 19.8 Å². The molecule has 0 radical (unpaired) electrons. The second-order valence-corrected chi connectivity index (χ2v) is 10.2. The highest BCUT2D eigenvalue weighted by Gasteiger charge is 2.34. The summed E-state index contributed by atoms with van der Waals surface area (Å²) >= 11 is 0. The zero-order valence-electron chi connectivity index (χ0n) is 20.2. The number of carbonyl (C=O) groups excluding carboxylic acids is 2. The van der Waals surface area contributed by atoms with Gasteiger partial charge in [-0.25, -0.2) is 0 Å². The Labute approximate surface area is 207 Å². The fraction of sp³-hybridized carbons (Fsp3) is 0.310. The number of aryl methyl sites for hydroxylation is 2. The van der Waals surface area contributed by atoms with E-state index < -0.39 is 0 Å². The first-order valence-electron chi connectivity index (χ1n) is 12.7. The Morgan fingerprint density at radius 3 is 2.64 bits per heavy atom. The molecule has 0 unspecified atom stereocenters. The van der Waals surface area contributed by atoms with E-state index in [1.165, 1.54) is 5.56 Å². The average molecular weight is 481 g/mol. The van der Waals surface area contributed by atoms with E-state index in [1.807, 2.05) is 36.0 Å². The van der Waals surface area contributed by atoms with Gasteiger partial charge in [-0.15, -0.1) is 0 Å². The summed E-state index contributed by atoms with van der Waals surface area (Å²) in [6, 6.07) is 12.7. The molecule has 2 aliphatic heterocycles. The van der Waals surface area contributed by atoms with Gasteiger partial charge in [0.25, 0.3) is 11.8 Å². The molecule has 7 rings (SSSR count). The number of imide groups is 1. The number of aromatic amines is 1. The number of amides is 2. The molecular formula is C29H28N4O3. The highest BCUT2D eigenvalue weighted by atomic mass is 16.3. The standard InChI is InChI=1S/C29H28N4O3/c1-32-14-11-17-9-10-20-22(27(17)32)24-23(28(35)31-29(24)36)21-19-8-2-5-16(25(19)30-26(20)21)6-3-12-33-13-4-7-18(33)15-34/h2,5,8-11,14,18,30,34H,3-4,6-7,12-13,15H2,1H3,(H,31,35,36)/t18-/m0/s1. The minimum Gasteiger partial charge on any atom is -0.395 e. The fourth-order valence-electron chi connectivity index (χ4n) is 6.60. The van der Waals surface area contributed by atoms with Gasteiger partial charge in [-0.05, 0) is 50.4 Å². The van der Waals surface area contributed by atoms with Gasteiger partial charge in [0.1, 0.15) is 0 Å². The number of aliphatic hydroxyl groups is 1.